The van der Waals surface area contributed by atoms with Crippen molar-refractivity contribution in [1.82, 2.24) is 0 Å². The Morgan fingerprint density at radius 3 is 2.84 bits per heavy atom. The van der Waals surface area contributed by atoms with Crippen LogP contribution in [-0.4, -0.2) is 5.78 Å². The van der Waals surface area contributed by atoms with E-state index in [0.29, 0.717) is 12.3 Å². The van der Waals surface area contributed by atoms with Crippen LogP contribution in [0.15, 0.2) is 46.9 Å². The van der Waals surface area contributed by atoms with Crippen LogP contribution in [0.3, 0.4) is 0 Å². The highest BCUT2D eigenvalue weighted by molar-refractivity contribution is 9.10. The summed E-state index contributed by atoms with van der Waals surface area (Å²) in [7, 11) is 0. The number of Topliss-reactive ketones (excluding diaryl/α,β-unsaturated/α-hetero) is 1. The first-order chi connectivity index (χ1) is 9.15. The van der Waals surface area contributed by atoms with Gasteiger partial charge in [0, 0.05) is 16.5 Å². The number of ketones is 1. The summed E-state index contributed by atoms with van der Waals surface area (Å²) in [5.74, 6) is 0.631. The Bertz CT molecular complexity index is 645. The Morgan fingerprint density at radius 2 is 2.05 bits per heavy atom. The topological polar surface area (TPSA) is 17.1 Å². The third-order valence-corrected chi connectivity index (χ3v) is 4.51. The fourth-order valence-corrected chi connectivity index (χ4v) is 3.20. The molecule has 1 unspecified atom stereocenters. The van der Waals surface area contributed by atoms with Crippen LogP contribution in [0, 0.1) is 6.92 Å². The van der Waals surface area contributed by atoms with Gasteiger partial charge in [0.1, 0.15) is 0 Å². The zero-order valence-electron chi connectivity index (χ0n) is 10.8. The number of hydrogen-bond donors (Lipinski definition) is 0. The van der Waals surface area contributed by atoms with Crippen molar-refractivity contribution in [2.24, 2.45) is 0 Å². The molecule has 2 aromatic rings. The first-order valence-electron chi connectivity index (χ1n) is 6.52. The molecule has 1 aliphatic rings. The van der Waals surface area contributed by atoms with Crippen molar-refractivity contribution in [1.29, 1.82) is 0 Å². The molecule has 0 saturated heterocycles. The predicted octanol–water partition coefficient (Wildman–Crippen LogP) is 4.67. The number of aryl methyl sites for hydroxylation is 1. The van der Waals surface area contributed by atoms with Gasteiger partial charge in [-0.2, -0.15) is 0 Å². The maximum Gasteiger partial charge on any atom is 0.164 e. The normalized spacial score (nSPS) is 16.6. The minimum atomic E-state index is 0.232. The minimum Gasteiger partial charge on any atom is -0.294 e. The molecule has 0 saturated carbocycles. The molecule has 96 valence electrons. The van der Waals surface area contributed by atoms with Crippen LogP contribution in [0.5, 0.6) is 0 Å². The third kappa shape index (κ3) is 2.37. The molecular weight excluding hydrogens is 300 g/mol. The Balaban J connectivity index is 1.79. The molecule has 1 atom stereocenters. The van der Waals surface area contributed by atoms with Crippen molar-refractivity contribution in [3.8, 4) is 0 Å². The van der Waals surface area contributed by atoms with Crippen molar-refractivity contribution in [3.05, 3.63) is 69.2 Å². The summed E-state index contributed by atoms with van der Waals surface area (Å²) in [6.45, 7) is 2.02. The molecule has 2 aromatic carbocycles. The zero-order valence-corrected chi connectivity index (χ0v) is 12.4. The quantitative estimate of drug-likeness (QED) is 0.752. The largest absolute Gasteiger partial charge is 0.294 e. The molecule has 2 heteroatoms. The number of carbonyl (C=O) groups excluding carboxylic acids is 1. The standard InChI is InChI=1S/C17H15BrO/c1-11-6-7-16(18)15(8-11)17(19)10-13-9-12-4-2-3-5-14(12)13/h2-8,13H,9-10H2,1H3. The van der Waals surface area contributed by atoms with Crippen molar-refractivity contribution < 1.29 is 4.79 Å². The van der Waals surface area contributed by atoms with Gasteiger partial charge in [0.25, 0.3) is 0 Å². The van der Waals surface area contributed by atoms with Crippen LogP contribution in [0.1, 0.15) is 39.4 Å². The smallest absolute Gasteiger partial charge is 0.164 e. The fourth-order valence-electron chi connectivity index (χ4n) is 2.73. The van der Waals surface area contributed by atoms with Crippen LogP contribution in [-0.2, 0) is 6.42 Å². The molecule has 0 bridgehead atoms. The third-order valence-electron chi connectivity index (χ3n) is 3.82. The van der Waals surface area contributed by atoms with E-state index >= 15 is 0 Å². The van der Waals surface area contributed by atoms with Gasteiger partial charge in [-0.05, 0) is 42.5 Å². The number of carbonyl (C=O) groups is 1. The molecular formula is C17H15BrO. The Hall–Kier alpha value is -1.41. The molecule has 0 heterocycles. The lowest BCUT2D eigenvalue weighted by Gasteiger charge is -2.29. The van der Waals surface area contributed by atoms with Crippen LogP contribution >= 0.6 is 15.9 Å². The zero-order chi connectivity index (χ0) is 13.4. The van der Waals surface area contributed by atoms with Gasteiger partial charge in [-0.15, -0.1) is 0 Å². The first-order valence-corrected chi connectivity index (χ1v) is 7.31. The lowest BCUT2D eigenvalue weighted by molar-refractivity contribution is 0.0969. The second kappa shape index (κ2) is 4.93. The summed E-state index contributed by atoms with van der Waals surface area (Å²) in [5, 5.41) is 0. The van der Waals surface area contributed by atoms with Crippen LogP contribution < -0.4 is 0 Å². The van der Waals surface area contributed by atoms with Gasteiger partial charge in [-0.25, -0.2) is 0 Å². The number of fused-ring (bicyclic) bond motifs is 1. The van der Waals surface area contributed by atoms with E-state index in [1.54, 1.807) is 0 Å². The minimum absolute atomic E-state index is 0.232. The maximum atomic E-state index is 12.4. The summed E-state index contributed by atoms with van der Waals surface area (Å²) in [5.41, 5.74) is 4.67. The van der Waals surface area contributed by atoms with E-state index in [2.05, 4.69) is 40.2 Å². The number of halogens is 1. The highest BCUT2D eigenvalue weighted by Gasteiger charge is 2.28. The van der Waals surface area contributed by atoms with E-state index in [4.69, 9.17) is 0 Å². The monoisotopic (exact) mass is 314 g/mol. The van der Waals surface area contributed by atoms with Gasteiger partial charge in [0.15, 0.2) is 5.78 Å². The van der Waals surface area contributed by atoms with Crippen molar-refractivity contribution in [2.45, 2.75) is 25.7 Å². The van der Waals surface area contributed by atoms with E-state index in [0.717, 1.165) is 22.0 Å². The molecule has 0 aliphatic heterocycles. The lowest BCUT2D eigenvalue weighted by Crippen LogP contribution is -2.20. The Kier molecular flexibility index (Phi) is 3.28. The molecule has 0 spiro atoms. The fraction of sp³-hybridized carbons (Fsp3) is 0.235. The molecule has 1 aliphatic carbocycles. The summed E-state index contributed by atoms with van der Waals surface area (Å²) in [6, 6.07) is 14.3. The summed E-state index contributed by atoms with van der Waals surface area (Å²) < 4.78 is 0.899. The summed E-state index contributed by atoms with van der Waals surface area (Å²) in [6.07, 6.45) is 1.64. The molecule has 0 aromatic heterocycles. The predicted molar refractivity (Wildman–Crippen MR) is 80.7 cm³/mol. The molecule has 0 radical (unpaired) electrons. The average molecular weight is 315 g/mol. The van der Waals surface area contributed by atoms with Gasteiger partial charge in [0.2, 0.25) is 0 Å². The second-order valence-electron chi connectivity index (χ2n) is 5.21. The molecule has 1 nitrogen and oxygen atoms in total. The molecule has 0 amide bonds. The summed E-state index contributed by atoms with van der Waals surface area (Å²) in [4.78, 5) is 12.4. The van der Waals surface area contributed by atoms with Crippen LogP contribution in [0.4, 0.5) is 0 Å². The van der Waals surface area contributed by atoms with E-state index in [1.165, 1.54) is 11.1 Å². The first kappa shape index (κ1) is 12.6. The molecule has 0 N–H and O–H groups in total. The molecule has 0 fully saturated rings. The maximum absolute atomic E-state index is 12.4. The summed E-state index contributed by atoms with van der Waals surface area (Å²) >= 11 is 3.47. The van der Waals surface area contributed by atoms with Crippen molar-refractivity contribution in [3.63, 3.8) is 0 Å². The number of hydrogen-bond acceptors (Lipinski definition) is 1. The Labute approximate surface area is 121 Å². The van der Waals surface area contributed by atoms with Crippen LogP contribution in [0.25, 0.3) is 0 Å². The van der Waals surface area contributed by atoms with Gasteiger partial charge in [-0.1, -0.05) is 51.8 Å². The highest BCUT2D eigenvalue weighted by Crippen LogP contribution is 2.38. The van der Waals surface area contributed by atoms with E-state index in [-0.39, 0.29) is 5.78 Å². The van der Waals surface area contributed by atoms with Gasteiger partial charge >= 0.3 is 0 Å². The number of benzene rings is 2. The Morgan fingerprint density at radius 1 is 1.26 bits per heavy atom. The van der Waals surface area contributed by atoms with Gasteiger partial charge in [0.05, 0.1) is 0 Å². The SMILES string of the molecule is Cc1ccc(Br)c(C(=O)CC2Cc3ccccc32)c1. The molecule has 19 heavy (non-hydrogen) atoms. The number of rotatable bonds is 3. The van der Waals surface area contributed by atoms with E-state index in [9.17, 15) is 4.79 Å². The average Bonchev–Trinajstić information content (AvgIpc) is 2.38. The van der Waals surface area contributed by atoms with Crippen molar-refractivity contribution >= 4 is 21.7 Å². The van der Waals surface area contributed by atoms with Crippen molar-refractivity contribution in [2.75, 3.05) is 0 Å². The van der Waals surface area contributed by atoms with E-state index < -0.39 is 0 Å². The molecule has 3 rings (SSSR count). The lowest BCUT2D eigenvalue weighted by atomic mass is 9.74. The van der Waals surface area contributed by atoms with Gasteiger partial charge < -0.3 is 0 Å². The van der Waals surface area contributed by atoms with Gasteiger partial charge in [-0.3, -0.25) is 4.79 Å². The highest BCUT2D eigenvalue weighted by atomic mass is 79.9. The van der Waals surface area contributed by atoms with E-state index in [1.807, 2.05) is 25.1 Å². The van der Waals surface area contributed by atoms with Crippen LogP contribution in [0.2, 0.25) is 0 Å². The second-order valence-corrected chi connectivity index (χ2v) is 6.06.